The van der Waals surface area contributed by atoms with Crippen LogP contribution in [0.4, 0.5) is 0 Å². The Hall–Kier alpha value is -2.21. The molecule has 0 fully saturated rings. The number of benzene rings is 1. The molecule has 0 bridgehead atoms. The Bertz CT molecular complexity index is 804. The molecule has 0 aliphatic rings. The molecule has 1 N–H and O–H groups in total. The van der Waals surface area contributed by atoms with Gasteiger partial charge < -0.3 is 9.67 Å². The third-order valence-corrected chi connectivity index (χ3v) is 4.25. The summed E-state index contributed by atoms with van der Waals surface area (Å²) in [5.41, 5.74) is 4.78. The van der Waals surface area contributed by atoms with Crippen LogP contribution in [0.1, 0.15) is 26.8 Å². The van der Waals surface area contributed by atoms with Gasteiger partial charge in [-0.2, -0.15) is 0 Å². The third kappa shape index (κ3) is 2.08. The zero-order valence-electron chi connectivity index (χ0n) is 11.1. The van der Waals surface area contributed by atoms with Crippen LogP contribution in [0.5, 0.6) is 0 Å². The molecule has 3 aromatic rings. The SMILES string of the molecule is Cc1ncsc1Cn1c(C)nc2cc(C(=O)O)ccc21. The minimum absolute atomic E-state index is 0.260. The number of hydrogen-bond acceptors (Lipinski definition) is 4. The number of imidazole rings is 1. The van der Waals surface area contributed by atoms with Gasteiger partial charge in [-0.05, 0) is 32.0 Å². The molecule has 0 amide bonds. The standard InChI is InChI=1S/C14H13N3O2S/c1-8-13(20-7-15-8)6-17-9(2)16-11-5-10(14(18)19)3-4-12(11)17/h3-5,7H,6H2,1-2H3,(H,18,19). The van der Waals surface area contributed by atoms with Crippen molar-refractivity contribution in [1.29, 1.82) is 0 Å². The number of aromatic nitrogens is 3. The lowest BCUT2D eigenvalue weighted by molar-refractivity contribution is 0.0697. The summed E-state index contributed by atoms with van der Waals surface area (Å²) < 4.78 is 2.08. The maximum atomic E-state index is 11.0. The van der Waals surface area contributed by atoms with Crippen molar-refractivity contribution in [3.63, 3.8) is 0 Å². The predicted molar refractivity (Wildman–Crippen MR) is 77.4 cm³/mol. The van der Waals surface area contributed by atoms with Crippen molar-refractivity contribution in [2.45, 2.75) is 20.4 Å². The van der Waals surface area contributed by atoms with E-state index in [2.05, 4.69) is 14.5 Å². The van der Waals surface area contributed by atoms with Crippen LogP contribution in [-0.4, -0.2) is 25.6 Å². The van der Waals surface area contributed by atoms with E-state index in [-0.39, 0.29) is 5.56 Å². The van der Waals surface area contributed by atoms with E-state index in [1.54, 1.807) is 23.5 Å². The number of nitrogens with zero attached hydrogens (tertiary/aromatic N) is 3. The molecule has 0 aliphatic carbocycles. The molecule has 0 unspecified atom stereocenters. The highest BCUT2D eigenvalue weighted by Gasteiger charge is 2.12. The van der Waals surface area contributed by atoms with Gasteiger partial charge in [-0.25, -0.2) is 14.8 Å². The van der Waals surface area contributed by atoms with E-state index in [0.29, 0.717) is 12.1 Å². The fourth-order valence-corrected chi connectivity index (χ4v) is 2.97. The van der Waals surface area contributed by atoms with E-state index in [1.807, 2.05) is 25.4 Å². The molecule has 3 rings (SSSR count). The lowest BCUT2D eigenvalue weighted by Gasteiger charge is -2.05. The van der Waals surface area contributed by atoms with Crippen LogP contribution >= 0.6 is 11.3 Å². The Kier molecular flexibility index (Phi) is 3.02. The summed E-state index contributed by atoms with van der Waals surface area (Å²) in [4.78, 5) is 20.9. The van der Waals surface area contributed by atoms with Crippen molar-refractivity contribution < 1.29 is 9.90 Å². The third-order valence-electron chi connectivity index (χ3n) is 3.33. The van der Waals surface area contributed by atoms with Crippen molar-refractivity contribution in [3.8, 4) is 0 Å². The highest BCUT2D eigenvalue weighted by molar-refractivity contribution is 7.09. The Morgan fingerprint density at radius 2 is 2.20 bits per heavy atom. The van der Waals surface area contributed by atoms with Crippen molar-refractivity contribution in [3.05, 3.63) is 45.7 Å². The molecule has 0 saturated carbocycles. The number of rotatable bonds is 3. The first-order valence-corrected chi connectivity index (χ1v) is 7.03. The summed E-state index contributed by atoms with van der Waals surface area (Å²) in [7, 11) is 0. The molecule has 0 radical (unpaired) electrons. The summed E-state index contributed by atoms with van der Waals surface area (Å²) in [6.45, 7) is 4.63. The van der Waals surface area contributed by atoms with Gasteiger partial charge in [0.2, 0.25) is 0 Å². The van der Waals surface area contributed by atoms with Gasteiger partial charge in [0.15, 0.2) is 0 Å². The number of carboxylic acid groups (broad SMARTS) is 1. The van der Waals surface area contributed by atoms with Gasteiger partial charge in [0.1, 0.15) is 5.82 Å². The smallest absolute Gasteiger partial charge is 0.335 e. The summed E-state index contributed by atoms with van der Waals surface area (Å²) in [5, 5.41) is 9.02. The monoisotopic (exact) mass is 287 g/mol. The number of thiazole rings is 1. The van der Waals surface area contributed by atoms with Crippen molar-refractivity contribution in [1.82, 2.24) is 14.5 Å². The van der Waals surface area contributed by atoms with Crippen molar-refractivity contribution in [2.24, 2.45) is 0 Å². The molecule has 2 heterocycles. The molecular formula is C14H13N3O2S. The zero-order valence-corrected chi connectivity index (χ0v) is 11.9. The van der Waals surface area contributed by atoms with Gasteiger partial charge in [-0.1, -0.05) is 0 Å². The number of hydrogen-bond donors (Lipinski definition) is 1. The average Bonchev–Trinajstić information content (AvgIpc) is 2.94. The van der Waals surface area contributed by atoms with E-state index < -0.39 is 5.97 Å². The molecular weight excluding hydrogens is 274 g/mol. The van der Waals surface area contributed by atoms with E-state index in [0.717, 1.165) is 17.0 Å². The first-order valence-electron chi connectivity index (χ1n) is 6.15. The fourth-order valence-electron chi connectivity index (χ4n) is 2.20. The van der Waals surface area contributed by atoms with Gasteiger partial charge in [0, 0.05) is 4.88 Å². The summed E-state index contributed by atoms with van der Waals surface area (Å²) in [6, 6.07) is 5.04. The first kappa shape index (κ1) is 12.8. The maximum absolute atomic E-state index is 11.0. The second kappa shape index (κ2) is 4.72. The van der Waals surface area contributed by atoms with Gasteiger partial charge in [-0.3, -0.25) is 0 Å². The van der Waals surface area contributed by atoms with Crippen LogP contribution in [0.25, 0.3) is 11.0 Å². The van der Waals surface area contributed by atoms with Crippen LogP contribution in [0.2, 0.25) is 0 Å². The van der Waals surface area contributed by atoms with E-state index in [9.17, 15) is 4.79 Å². The van der Waals surface area contributed by atoms with Crippen molar-refractivity contribution >= 4 is 28.3 Å². The van der Waals surface area contributed by atoms with Crippen LogP contribution in [0.3, 0.4) is 0 Å². The maximum Gasteiger partial charge on any atom is 0.335 e. The normalized spacial score (nSPS) is 11.1. The topological polar surface area (TPSA) is 68.0 Å². The minimum atomic E-state index is -0.933. The highest BCUT2D eigenvalue weighted by Crippen LogP contribution is 2.21. The average molecular weight is 287 g/mol. The van der Waals surface area contributed by atoms with Crippen LogP contribution in [0, 0.1) is 13.8 Å². The quantitative estimate of drug-likeness (QED) is 0.804. The van der Waals surface area contributed by atoms with Crippen LogP contribution in [0.15, 0.2) is 23.7 Å². The van der Waals surface area contributed by atoms with Gasteiger partial charge in [0.25, 0.3) is 0 Å². The number of fused-ring (bicyclic) bond motifs is 1. The Morgan fingerprint density at radius 1 is 1.40 bits per heavy atom. The number of carboxylic acids is 1. The van der Waals surface area contributed by atoms with E-state index in [4.69, 9.17) is 5.11 Å². The molecule has 102 valence electrons. The lowest BCUT2D eigenvalue weighted by Crippen LogP contribution is -2.02. The largest absolute Gasteiger partial charge is 0.478 e. The molecule has 0 spiro atoms. The van der Waals surface area contributed by atoms with Crippen LogP contribution in [-0.2, 0) is 6.54 Å². The molecule has 5 nitrogen and oxygen atoms in total. The molecule has 6 heteroatoms. The van der Waals surface area contributed by atoms with E-state index >= 15 is 0 Å². The predicted octanol–water partition coefficient (Wildman–Crippen LogP) is 2.86. The number of carbonyl (C=O) groups is 1. The van der Waals surface area contributed by atoms with Gasteiger partial charge in [-0.15, -0.1) is 11.3 Å². The lowest BCUT2D eigenvalue weighted by atomic mass is 10.2. The summed E-state index contributed by atoms with van der Waals surface area (Å²) in [5.74, 6) is -0.0623. The number of aryl methyl sites for hydroxylation is 2. The molecule has 0 atom stereocenters. The Balaban J connectivity index is 2.09. The molecule has 0 aliphatic heterocycles. The fraction of sp³-hybridized carbons (Fsp3) is 0.214. The molecule has 20 heavy (non-hydrogen) atoms. The second-order valence-electron chi connectivity index (χ2n) is 4.61. The molecule has 2 aromatic heterocycles. The zero-order chi connectivity index (χ0) is 14.3. The van der Waals surface area contributed by atoms with Crippen LogP contribution < -0.4 is 0 Å². The first-order chi connectivity index (χ1) is 9.56. The summed E-state index contributed by atoms with van der Waals surface area (Å²) >= 11 is 1.62. The summed E-state index contributed by atoms with van der Waals surface area (Å²) in [6.07, 6.45) is 0. The Labute approximate surface area is 119 Å². The van der Waals surface area contributed by atoms with Crippen molar-refractivity contribution in [2.75, 3.05) is 0 Å². The highest BCUT2D eigenvalue weighted by atomic mass is 32.1. The van der Waals surface area contributed by atoms with E-state index in [1.165, 1.54) is 4.88 Å². The van der Waals surface area contributed by atoms with Gasteiger partial charge >= 0.3 is 5.97 Å². The molecule has 0 saturated heterocycles. The molecule has 1 aromatic carbocycles. The second-order valence-corrected chi connectivity index (χ2v) is 5.55. The number of aromatic carboxylic acids is 1. The minimum Gasteiger partial charge on any atom is -0.478 e. The Morgan fingerprint density at radius 3 is 2.85 bits per heavy atom. The van der Waals surface area contributed by atoms with Gasteiger partial charge in [0.05, 0.1) is 34.3 Å².